The smallest absolute Gasteiger partial charge is 0.191 e. The van der Waals surface area contributed by atoms with E-state index < -0.39 is 0 Å². The molecule has 136 valence electrons. The fourth-order valence-corrected chi connectivity index (χ4v) is 3.50. The van der Waals surface area contributed by atoms with Gasteiger partial charge in [0.15, 0.2) is 5.96 Å². The molecule has 0 spiro atoms. The standard InChI is InChI=1S/C17H30N6.HI/c1-14-8-12-22(13-9-14)17(18)19-10-5-7-16-21-20-15-6-3-2-4-11-23(15)16;/h14H,2-13H2,1H3,(H2,18,19);1H. The number of fused-ring (bicyclic) bond motifs is 1. The number of nitrogens with two attached hydrogens (primary N) is 1. The number of hydrogen-bond donors (Lipinski definition) is 1. The summed E-state index contributed by atoms with van der Waals surface area (Å²) in [4.78, 5) is 6.79. The van der Waals surface area contributed by atoms with Crippen molar-refractivity contribution in [1.82, 2.24) is 19.7 Å². The molecule has 24 heavy (non-hydrogen) atoms. The van der Waals surface area contributed by atoms with Crippen LogP contribution in [0.2, 0.25) is 0 Å². The number of rotatable bonds is 4. The van der Waals surface area contributed by atoms with Gasteiger partial charge in [-0.05, 0) is 38.0 Å². The molecular formula is C17H31IN6. The molecule has 1 fully saturated rings. The van der Waals surface area contributed by atoms with Gasteiger partial charge in [-0.2, -0.15) is 0 Å². The Morgan fingerprint density at radius 3 is 2.75 bits per heavy atom. The van der Waals surface area contributed by atoms with E-state index in [1.165, 1.54) is 37.9 Å². The van der Waals surface area contributed by atoms with Crippen LogP contribution in [0.1, 0.15) is 57.1 Å². The van der Waals surface area contributed by atoms with Crippen LogP contribution in [0.4, 0.5) is 0 Å². The van der Waals surface area contributed by atoms with Crippen LogP contribution in [0.15, 0.2) is 4.99 Å². The zero-order chi connectivity index (χ0) is 16.1. The van der Waals surface area contributed by atoms with Gasteiger partial charge in [0.2, 0.25) is 0 Å². The number of halogens is 1. The summed E-state index contributed by atoms with van der Waals surface area (Å²) >= 11 is 0. The van der Waals surface area contributed by atoms with Gasteiger partial charge in [-0.3, -0.25) is 4.99 Å². The predicted octanol–water partition coefficient (Wildman–Crippen LogP) is 2.60. The minimum absolute atomic E-state index is 0. The van der Waals surface area contributed by atoms with Crippen molar-refractivity contribution in [2.75, 3.05) is 19.6 Å². The minimum Gasteiger partial charge on any atom is -0.370 e. The second-order valence-electron chi connectivity index (χ2n) is 7.01. The van der Waals surface area contributed by atoms with E-state index in [9.17, 15) is 0 Å². The molecule has 0 saturated carbocycles. The normalized spacial score (nSPS) is 19.5. The van der Waals surface area contributed by atoms with Crippen molar-refractivity contribution in [3.63, 3.8) is 0 Å². The van der Waals surface area contributed by atoms with Gasteiger partial charge in [0, 0.05) is 39.0 Å². The highest BCUT2D eigenvalue weighted by Gasteiger charge is 2.17. The number of likely N-dealkylation sites (tertiary alicyclic amines) is 1. The van der Waals surface area contributed by atoms with Crippen LogP contribution >= 0.6 is 24.0 Å². The number of piperidine rings is 1. The van der Waals surface area contributed by atoms with Gasteiger partial charge in [0.1, 0.15) is 11.6 Å². The van der Waals surface area contributed by atoms with Gasteiger partial charge in [0.25, 0.3) is 0 Å². The number of nitrogens with zero attached hydrogens (tertiary/aromatic N) is 5. The molecule has 2 N–H and O–H groups in total. The molecule has 1 aromatic rings. The average Bonchev–Trinajstić information content (AvgIpc) is 2.79. The van der Waals surface area contributed by atoms with E-state index in [1.807, 2.05) is 0 Å². The first-order valence-corrected chi connectivity index (χ1v) is 9.20. The third-order valence-electron chi connectivity index (χ3n) is 5.13. The van der Waals surface area contributed by atoms with Gasteiger partial charge in [-0.1, -0.05) is 13.3 Å². The fourth-order valence-electron chi connectivity index (χ4n) is 3.50. The van der Waals surface area contributed by atoms with Gasteiger partial charge >= 0.3 is 0 Å². The topological polar surface area (TPSA) is 72.3 Å². The quantitative estimate of drug-likeness (QED) is 0.334. The number of hydrogen-bond acceptors (Lipinski definition) is 3. The van der Waals surface area contributed by atoms with Crippen LogP contribution in [-0.2, 0) is 19.4 Å². The second-order valence-corrected chi connectivity index (χ2v) is 7.01. The Morgan fingerprint density at radius 2 is 1.96 bits per heavy atom. The van der Waals surface area contributed by atoms with Crippen LogP contribution < -0.4 is 5.73 Å². The largest absolute Gasteiger partial charge is 0.370 e. The Hall–Kier alpha value is -0.860. The SMILES string of the molecule is CC1CCN(C(N)=NCCCc2nnc3n2CCCCC3)CC1.I. The third kappa shape index (κ3) is 5.07. The molecule has 0 aliphatic carbocycles. The molecule has 0 radical (unpaired) electrons. The number of aromatic nitrogens is 3. The fraction of sp³-hybridized carbons (Fsp3) is 0.824. The zero-order valence-electron chi connectivity index (χ0n) is 14.8. The summed E-state index contributed by atoms with van der Waals surface area (Å²) in [6.07, 6.45) is 9.25. The van der Waals surface area contributed by atoms with E-state index in [1.54, 1.807) is 0 Å². The summed E-state index contributed by atoms with van der Waals surface area (Å²) in [7, 11) is 0. The molecule has 3 heterocycles. The monoisotopic (exact) mass is 446 g/mol. The van der Waals surface area contributed by atoms with Crippen LogP contribution in [0.25, 0.3) is 0 Å². The number of aryl methyl sites for hydroxylation is 2. The molecule has 0 amide bonds. The molecule has 0 bridgehead atoms. The second kappa shape index (κ2) is 9.58. The highest BCUT2D eigenvalue weighted by Crippen LogP contribution is 2.16. The minimum atomic E-state index is 0. The van der Waals surface area contributed by atoms with Gasteiger partial charge in [0.05, 0.1) is 0 Å². The van der Waals surface area contributed by atoms with Crippen molar-refractivity contribution in [3.05, 3.63) is 11.6 Å². The van der Waals surface area contributed by atoms with E-state index in [0.29, 0.717) is 0 Å². The van der Waals surface area contributed by atoms with Gasteiger partial charge in [-0.15, -0.1) is 34.2 Å². The maximum absolute atomic E-state index is 6.13. The van der Waals surface area contributed by atoms with Crippen LogP contribution in [0, 0.1) is 5.92 Å². The molecule has 2 aliphatic rings. The first kappa shape index (κ1) is 19.5. The lowest BCUT2D eigenvalue weighted by Crippen LogP contribution is -2.42. The Kier molecular flexibility index (Phi) is 7.77. The van der Waals surface area contributed by atoms with E-state index in [0.717, 1.165) is 63.1 Å². The Balaban J connectivity index is 0.00000208. The molecular weight excluding hydrogens is 415 g/mol. The Labute approximate surface area is 162 Å². The van der Waals surface area contributed by atoms with Gasteiger partial charge in [-0.25, -0.2) is 0 Å². The van der Waals surface area contributed by atoms with Crippen molar-refractivity contribution >= 4 is 29.9 Å². The number of aliphatic imine (C=N–C) groups is 1. The van der Waals surface area contributed by atoms with Crippen LogP contribution in [0.3, 0.4) is 0 Å². The van der Waals surface area contributed by atoms with Crippen LogP contribution in [-0.4, -0.2) is 45.3 Å². The maximum Gasteiger partial charge on any atom is 0.191 e. The van der Waals surface area contributed by atoms with Crippen molar-refractivity contribution in [2.24, 2.45) is 16.6 Å². The van der Waals surface area contributed by atoms with Crippen molar-refractivity contribution in [2.45, 2.75) is 64.8 Å². The molecule has 0 unspecified atom stereocenters. The first-order valence-electron chi connectivity index (χ1n) is 9.20. The predicted molar refractivity (Wildman–Crippen MR) is 108 cm³/mol. The van der Waals surface area contributed by atoms with Crippen molar-refractivity contribution in [3.8, 4) is 0 Å². The molecule has 7 heteroatoms. The zero-order valence-corrected chi connectivity index (χ0v) is 17.1. The van der Waals surface area contributed by atoms with E-state index in [2.05, 4.69) is 31.6 Å². The summed E-state index contributed by atoms with van der Waals surface area (Å²) in [6.45, 7) is 6.27. The van der Waals surface area contributed by atoms with Crippen molar-refractivity contribution in [1.29, 1.82) is 0 Å². The summed E-state index contributed by atoms with van der Waals surface area (Å²) in [5.41, 5.74) is 6.13. The molecule has 0 atom stereocenters. The van der Waals surface area contributed by atoms with E-state index >= 15 is 0 Å². The molecule has 1 aromatic heterocycles. The third-order valence-corrected chi connectivity index (χ3v) is 5.13. The first-order chi connectivity index (χ1) is 11.2. The molecule has 2 aliphatic heterocycles. The number of guanidine groups is 1. The molecule has 3 rings (SSSR count). The lowest BCUT2D eigenvalue weighted by molar-refractivity contribution is 0.277. The summed E-state index contributed by atoms with van der Waals surface area (Å²) in [6, 6.07) is 0. The van der Waals surface area contributed by atoms with Crippen LogP contribution in [0.5, 0.6) is 0 Å². The van der Waals surface area contributed by atoms with E-state index in [-0.39, 0.29) is 24.0 Å². The summed E-state index contributed by atoms with van der Waals surface area (Å²) < 4.78 is 2.33. The lowest BCUT2D eigenvalue weighted by atomic mass is 10.00. The lowest BCUT2D eigenvalue weighted by Gasteiger charge is -2.31. The van der Waals surface area contributed by atoms with Gasteiger partial charge < -0.3 is 15.2 Å². The summed E-state index contributed by atoms with van der Waals surface area (Å²) in [5, 5.41) is 8.73. The van der Waals surface area contributed by atoms with E-state index in [4.69, 9.17) is 5.73 Å². The highest BCUT2D eigenvalue weighted by atomic mass is 127. The highest BCUT2D eigenvalue weighted by molar-refractivity contribution is 14.0. The Bertz CT molecular complexity index is 533. The Morgan fingerprint density at radius 1 is 1.17 bits per heavy atom. The molecule has 1 saturated heterocycles. The molecule has 0 aromatic carbocycles. The maximum atomic E-state index is 6.13. The average molecular weight is 446 g/mol. The summed E-state index contributed by atoms with van der Waals surface area (Å²) in [5.74, 6) is 3.84. The van der Waals surface area contributed by atoms with Crippen molar-refractivity contribution < 1.29 is 0 Å². The molecule has 6 nitrogen and oxygen atoms in total.